The van der Waals surface area contributed by atoms with Gasteiger partial charge in [0, 0.05) is 13.1 Å². The summed E-state index contributed by atoms with van der Waals surface area (Å²) < 4.78 is 25.8. The summed E-state index contributed by atoms with van der Waals surface area (Å²) in [6.07, 6.45) is -1.60. The van der Waals surface area contributed by atoms with E-state index >= 15 is 0 Å². The van der Waals surface area contributed by atoms with E-state index in [0.717, 1.165) is 5.56 Å². The van der Waals surface area contributed by atoms with Crippen LogP contribution in [0.4, 0.5) is 0 Å². The molecule has 0 radical (unpaired) electrons. The molecule has 18 heavy (non-hydrogen) atoms. The van der Waals surface area contributed by atoms with Gasteiger partial charge in [0.2, 0.25) is 10.0 Å². The van der Waals surface area contributed by atoms with Gasteiger partial charge in [0.05, 0.1) is 17.1 Å². The Labute approximate surface area is 107 Å². The first-order chi connectivity index (χ1) is 8.41. The highest BCUT2D eigenvalue weighted by Crippen LogP contribution is 2.21. The molecular weight excluding hydrogens is 254 g/mol. The lowest BCUT2D eigenvalue weighted by Gasteiger charge is -2.32. The number of aryl methyl sites for hydroxylation is 1. The van der Waals surface area contributed by atoms with Gasteiger partial charge in [-0.3, -0.25) is 0 Å². The Hall–Kier alpha value is -0.950. The maximum Gasteiger partial charge on any atom is 0.243 e. The predicted octanol–water partition coefficient (Wildman–Crippen LogP) is 0.111. The van der Waals surface area contributed by atoms with Crippen molar-refractivity contribution >= 4 is 10.0 Å². The second-order valence-electron chi connectivity index (χ2n) is 4.60. The smallest absolute Gasteiger partial charge is 0.243 e. The Morgan fingerprint density at radius 1 is 1.17 bits per heavy atom. The average molecular weight is 271 g/mol. The Bertz CT molecular complexity index is 511. The summed E-state index contributed by atoms with van der Waals surface area (Å²) in [4.78, 5) is 0.219. The molecule has 1 aliphatic heterocycles. The molecule has 2 atom stereocenters. The summed E-state index contributed by atoms with van der Waals surface area (Å²) in [5.41, 5.74) is 0.989. The Morgan fingerprint density at radius 2 is 1.78 bits per heavy atom. The summed E-state index contributed by atoms with van der Waals surface area (Å²) in [6, 6.07) is 6.59. The molecule has 0 aliphatic carbocycles. The third-order valence-electron chi connectivity index (χ3n) is 3.17. The van der Waals surface area contributed by atoms with Crippen LogP contribution in [0, 0.1) is 6.92 Å². The van der Waals surface area contributed by atoms with Crippen molar-refractivity contribution in [2.75, 3.05) is 13.1 Å². The van der Waals surface area contributed by atoms with Gasteiger partial charge in [0.25, 0.3) is 0 Å². The van der Waals surface area contributed by atoms with Gasteiger partial charge in [-0.1, -0.05) is 17.7 Å². The average Bonchev–Trinajstić information content (AvgIpc) is 2.33. The zero-order valence-electron chi connectivity index (χ0n) is 10.2. The number of sulfonamides is 1. The summed E-state index contributed by atoms with van der Waals surface area (Å²) in [5, 5.41) is 18.9. The van der Waals surface area contributed by atoms with Crippen LogP contribution in [0.5, 0.6) is 0 Å². The summed E-state index contributed by atoms with van der Waals surface area (Å²) in [7, 11) is -3.57. The van der Waals surface area contributed by atoms with Gasteiger partial charge >= 0.3 is 0 Å². The van der Waals surface area contributed by atoms with E-state index in [0.29, 0.717) is 0 Å². The molecule has 2 N–H and O–H groups in total. The van der Waals surface area contributed by atoms with Gasteiger partial charge in [-0.2, -0.15) is 4.31 Å². The van der Waals surface area contributed by atoms with Crippen molar-refractivity contribution in [1.82, 2.24) is 4.31 Å². The fourth-order valence-electron chi connectivity index (χ4n) is 1.97. The van der Waals surface area contributed by atoms with Crippen LogP contribution < -0.4 is 0 Å². The molecular formula is C12H17NO4S. The van der Waals surface area contributed by atoms with Crippen molar-refractivity contribution in [2.45, 2.75) is 30.4 Å². The quantitative estimate of drug-likeness (QED) is 0.800. The molecule has 0 saturated carbocycles. The Morgan fingerprint density at radius 3 is 2.33 bits per heavy atom. The summed E-state index contributed by atoms with van der Waals surface area (Å²) in [5.74, 6) is 0. The van der Waals surface area contributed by atoms with Crippen LogP contribution in [0.15, 0.2) is 29.2 Å². The predicted molar refractivity (Wildman–Crippen MR) is 66.6 cm³/mol. The van der Waals surface area contributed by atoms with Crippen LogP contribution in [-0.4, -0.2) is 48.2 Å². The number of hydrogen-bond acceptors (Lipinski definition) is 4. The van der Waals surface area contributed by atoms with Crippen LogP contribution in [0.25, 0.3) is 0 Å². The monoisotopic (exact) mass is 271 g/mol. The topological polar surface area (TPSA) is 77.8 Å². The highest BCUT2D eigenvalue weighted by atomic mass is 32.2. The number of nitrogens with zero attached hydrogens (tertiary/aromatic N) is 1. The standard InChI is InChI=1S/C12H17NO4S/c1-9-2-4-10(5-3-9)18(16,17)13-7-6-11(14)12(15)8-13/h2-5,11-12,14-15H,6-8H2,1H3. The number of hydrogen-bond donors (Lipinski definition) is 2. The van der Waals surface area contributed by atoms with E-state index in [9.17, 15) is 18.6 Å². The number of aliphatic hydroxyl groups is 2. The minimum atomic E-state index is -3.57. The minimum Gasteiger partial charge on any atom is -0.390 e. The largest absolute Gasteiger partial charge is 0.390 e. The van der Waals surface area contributed by atoms with Crippen molar-refractivity contribution in [3.63, 3.8) is 0 Å². The lowest BCUT2D eigenvalue weighted by atomic mass is 10.1. The molecule has 1 aromatic rings. The van der Waals surface area contributed by atoms with Gasteiger partial charge in [0.15, 0.2) is 0 Å². The van der Waals surface area contributed by atoms with E-state index in [1.165, 1.54) is 4.31 Å². The maximum absolute atomic E-state index is 12.3. The number of piperidine rings is 1. The van der Waals surface area contributed by atoms with Crippen LogP contribution in [0.1, 0.15) is 12.0 Å². The van der Waals surface area contributed by atoms with Crippen molar-refractivity contribution < 1.29 is 18.6 Å². The normalized spacial score (nSPS) is 26.2. The molecule has 1 heterocycles. The molecule has 100 valence electrons. The van der Waals surface area contributed by atoms with E-state index < -0.39 is 22.2 Å². The lowest BCUT2D eigenvalue weighted by molar-refractivity contribution is -0.0191. The molecule has 1 saturated heterocycles. The fourth-order valence-corrected chi connectivity index (χ4v) is 3.44. The van der Waals surface area contributed by atoms with Crippen molar-refractivity contribution in [1.29, 1.82) is 0 Å². The van der Waals surface area contributed by atoms with Gasteiger partial charge in [-0.25, -0.2) is 8.42 Å². The first-order valence-electron chi connectivity index (χ1n) is 5.84. The number of aliphatic hydroxyl groups excluding tert-OH is 2. The highest BCUT2D eigenvalue weighted by Gasteiger charge is 2.33. The first-order valence-corrected chi connectivity index (χ1v) is 7.28. The molecule has 6 heteroatoms. The fraction of sp³-hybridized carbons (Fsp3) is 0.500. The molecule has 0 bridgehead atoms. The van der Waals surface area contributed by atoms with Gasteiger partial charge in [-0.05, 0) is 25.5 Å². The zero-order chi connectivity index (χ0) is 13.3. The molecule has 2 rings (SSSR count). The lowest BCUT2D eigenvalue weighted by Crippen LogP contribution is -2.48. The van der Waals surface area contributed by atoms with E-state index in [1.807, 2.05) is 6.92 Å². The molecule has 0 aromatic heterocycles. The molecule has 2 unspecified atom stereocenters. The number of benzene rings is 1. The second-order valence-corrected chi connectivity index (χ2v) is 6.54. The SMILES string of the molecule is Cc1ccc(S(=O)(=O)N2CCC(O)C(O)C2)cc1. The molecule has 5 nitrogen and oxygen atoms in total. The molecule has 1 fully saturated rings. The molecule has 0 amide bonds. The van der Waals surface area contributed by atoms with E-state index in [1.54, 1.807) is 24.3 Å². The van der Waals surface area contributed by atoms with Crippen LogP contribution in [-0.2, 0) is 10.0 Å². The van der Waals surface area contributed by atoms with Crippen molar-refractivity contribution in [3.8, 4) is 0 Å². The molecule has 0 spiro atoms. The third kappa shape index (κ3) is 2.56. The minimum absolute atomic E-state index is 0.0582. The Balaban J connectivity index is 2.24. The third-order valence-corrected chi connectivity index (χ3v) is 5.05. The summed E-state index contributed by atoms with van der Waals surface area (Å²) in [6.45, 7) is 2.06. The molecule has 1 aromatic carbocycles. The van der Waals surface area contributed by atoms with Gasteiger partial charge < -0.3 is 10.2 Å². The highest BCUT2D eigenvalue weighted by molar-refractivity contribution is 7.89. The zero-order valence-corrected chi connectivity index (χ0v) is 11.0. The number of rotatable bonds is 2. The van der Waals surface area contributed by atoms with E-state index in [4.69, 9.17) is 0 Å². The first kappa shape index (κ1) is 13.5. The summed E-state index contributed by atoms with van der Waals surface area (Å²) >= 11 is 0. The van der Waals surface area contributed by atoms with E-state index in [2.05, 4.69) is 0 Å². The maximum atomic E-state index is 12.3. The van der Waals surface area contributed by atoms with Crippen LogP contribution in [0.3, 0.4) is 0 Å². The van der Waals surface area contributed by atoms with Gasteiger partial charge in [-0.15, -0.1) is 0 Å². The van der Waals surface area contributed by atoms with Crippen molar-refractivity contribution in [2.24, 2.45) is 0 Å². The Kier molecular flexibility index (Phi) is 3.72. The van der Waals surface area contributed by atoms with Crippen LogP contribution >= 0.6 is 0 Å². The molecule has 1 aliphatic rings. The van der Waals surface area contributed by atoms with Crippen molar-refractivity contribution in [3.05, 3.63) is 29.8 Å². The number of β-amino-alcohol motifs (C(OH)–C–C–N with tert-alkyl or cyclic N) is 1. The van der Waals surface area contributed by atoms with Crippen LogP contribution in [0.2, 0.25) is 0 Å². The second kappa shape index (κ2) is 4.97. The van der Waals surface area contributed by atoms with E-state index in [-0.39, 0.29) is 24.4 Å². The van der Waals surface area contributed by atoms with Gasteiger partial charge in [0.1, 0.15) is 0 Å².